The van der Waals surface area contributed by atoms with Gasteiger partial charge in [0.1, 0.15) is 12.3 Å². The lowest BCUT2D eigenvalue weighted by atomic mass is 10.00. The molecule has 0 amide bonds. The summed E-state index contributed by atoms with van der Waals surface area (Å²) in [5, 5.41) is 0. The number of quaternary nitrogens is 1. The number of ether oxygens (including phenoxy) is 1. The molecular formula is C21H26NO+. The van der Waals surface area contributed by atoms with E-state index in [9.17, 15) is 0 Å². The normalized spacial score (nSPS) is 19.2. The highest BCUT2D eigenvalue weighted by Gasteiger charge is 2.18. The molecule has 1 N–H and O–H groups in total. The molecule has 2 aromatic rings. The molecular weight excluding hydrogens is 282 g/mol. The van der Waals surface area contributed by atoms with E-state index >= 15 is 0 Å². The molecule has 2 aromatic carbocycles. The highest BCUT2D eigenvalue weighted by molar-refractivity contribution is 5.38. The molecule has 1 unspecified atom stereocenters. The first-order valence-corrected chi connectivity index (χ1v) is 9.03. The number of fused-ring (bicyclic) bond motifs is 2. The van der Waals surface area contributed by atoms with E-state index in [0.29, 0.717) is 0 Å². The fourth-order valence-corrected chi connectivity index (χ4v) is 4.01. The van der Waals surface area contributed by atoms with E-state index in [1.165, 1.54) is 62.0 Å². The minimum Gasteiger partial charge on any atom is -0.493 e. The standard InChI is InChI=1S/C21H25NO/c1-2-6-20-16-22(13-11-18(20)5-1)12-4-14-23-21-10-9-17-7-3-8-19(17)15-21/h1-2,5-6,9-10,15H,3-4,7-8,11-14,16H2/p+1. The Morgan fingerprint density at radius 1 is 0.870 bits per heavy atom. The Morgan fingerprint density at radius 2 is 1.70 bits per heavy atom. The molecule has 0 spiro atoms. The molecule has 0 aromatic heterocycles. The molecule has 0 saturated heterocycles. The molecule has 0 fully saturated rings. The van der Waals surface area contributed by atoms with Crippen LogP contribution in [0.1, 0.15) is 35.1 Å². The van der Waals surface area contributed by atoms with E-state index < -0.39 is 0 Å². The zero-order valence-corrected chi connectivity index (χ0v) is 13.8. The highest BCUT2D eigenvalue weighted by Crippen LogP contribution is 2.26. The number of benzene rings is 2. The highest BCUT2D eigenvalue weighted by atomic mass is 16.5. The van der Waals surface area contributed by atoms with Crippen LogP contribution in [0, 0.1) is 0 Å². The summed E-state index contributed by atoms with van der Waals surface area (Å²) < 4.78 is 5.98. The van der Waals surface area contributed by atoms with Crippen LogP contribution in [0.5, 0.6) is 5.75 Å². The summed E-state index contributed by atoms with van der Waals surface area (Å²) in [6, 6.07) is 15.6. The van der Waals surface area contributed by atoms with Crippen LogP contribution in [0.25, 0.3) is 0 Å². The second-order valence-corrected chi connectivity index (χ2v) is 6.93. The Balaban J connectivity index is 1.24. The molecule has 1 atom stereocenters. The number of hydrogen-bond acceptors (Lipinski definition) is 1. The Morgan fingerprint density at radius 3 is 2.65 bits per heavy atom. The predicted octanol–water partition coefficient (Wildman–Crippen LogP) is 2.59. The van der Waals surface area contributed by atoms with Gasteiger partial charge < -0.3 is 9.64 Å². The molecule has 120 valence electrons. The van der Waals surface area contributed by atoms with E-state index in [2.05, 4.69) is 42.5 Å². The molecule has 1 aliphatic carbocycles. The van der Waals surface area contributed by atoms with Gasteiger partial charge >= 0.3 is 0 Å². The fourth-order valence-electron chi connectivity index (χ4n) is 4.01. The van der Waals surface area contributed by atoms with E-state index in [4.69, 9.17) is 4.74 Å². The van der Waals surface area contributed by atoms with Crippen molar-refractivity contribution in [2.45, 2.75) is 38.6 Å². The molecule has 4 rings (SSSR count). The van der Waals surface area contributed by atoms with Crippen molar-refractivity contribution in [3.63, 3.8) is 0 Å². The van der Waals surface area contributed by atoms with Crippen LogP contribution < -0.4 is 9.64 Å². The van der Waals surface area contributed by atoms with E-state index in [-0.39, 0.29) is 0 Å². The SMILES string of the molecule is c1ccc2c(c1)CC[NH+](CCCOc1ccc3c(c1)CCC3)C2. The average Bonchev–Trinajstić information content (AvgIpc) is 3.06. The number of aryl methyl sites for hydroxylation is 2. The van der Waals surface area contributed by atoms with Crippen molar-refractivity contribution in [1.82, 2.24) is 0 Å². The van der Waals surface area contributed by atoms with Gasteiger partial charge in [-0.1, -0.05) is 30.3 Å². The minimum absolute atomic E-state index is 0.837. The van der Waals surface area contributed by atoms with Crippen LogP contribution in [-0.4, -0.2) is 19.7 Å². The molecule has 0 bridgehead atoms. The molecule has 0 radical (unpaired) electrons. The zero-order chi connectivity index (χ0) is 15.5. The van der Waals surface area contributed by atoms with Gasteiger partial charge in [-0.25, -0.2) is 0 Å². The summed E-state index contributed by atoms with van der Waals surface area (Å²) in [6.07, 6.45) is 6.13. The lowest BCUT2D eigenvalue weighted by Gasteiger charge is -2.25. The van der Waals surface area contributed by atoms with Crippen molar-refractivity contribution in [2.75, 3.05) is 19.7 Å². The first-order chi connectivity index (χ1) is 11.4. The monoisotopic (exact) mass is 308 g/mol. The number of hydrogen-bond donors (Lipinski definition) is 1. The van der Waals surface area contributed by atoms with Crippen molar-refractivity contribution in [3.05, 3.63) is 64.7 Å². The van der Waals surface area contributed by atoms with Gasteiger partial charge in [-0.2, -0.15) is 0 Å². The van der Waals surface area contributed by atoms with Crippen molar-refractivity contribution in [3.8, 4) is 5.75 Å². The van der Waals surface area contributed by atoms with Crippen LogP contribution >= 0.6 is 0 Å². The topological polar surface area (TPSA) is 13.7 Å². The van der Waals surface area contributed by atoms with Crippen molar-refractivity contribution >= 4 is 0 Å². The molecule has 23 heavy (non-hydrogen) atoms. The summed E-state index contributed by atoms with van der Waals surface area (Å²) in [4.78, 5) is 1.70. The van der Waals surface area contributed by atoms with Crippen molar-refractivity contribution in [1.29, 1.82) is 0 Å². The van der Waals surface area contributed by atoms with E-state index in [1.807, 2.05) is 0 Å². The summed E-state index contributed by atoms with van der Waals surface area (Å²) in [5.41, 5.74) is 6.11. The van der Waals surface area contributed by atoms with Gasteiger partial charge in [0.15, 0.2) is 0 Å². The molecule has 1 heterocycles. The second kappa shape index (κ2) is 6.76. The minimum atomic E-state index is 0.837. The molecule has 0 saturated carbocycles. The second-order valence-electron chi connectivity index (χ2n) is 6.93. The molecule has 2 nitrogen and oxygen atoms in total. The lowest BCUT2D eigenvalue weighted by Crippen LogP contribution is -3.11. The van der Waals surface area contributed by atoms with Gasteiger partial charge in [-0.05, 0) is 48.1 Å². The summed E-state index contributed by atoms with van der Waals surface area (Å²) in [6.45, 7) is 4.48. The number of rotatable bonds is 5. The van der Waals surface area contributed by atoms with Gasteiger partial charge in [0.05, 0.1) is 19.7 Å². The van der Waals surface area contributed by atoms with Crippen LogP contribution in [0.4, 0.5) is 0 Å². The number of nitrogens with one attached hydrogen (secondary N) is 1. The van der Waals surface area contributed by atoms with Gasteiger partial charge in [0.2, 0.25) is 0 Å². The van der Waals surface area contributed by atoms with Gasteiger partial charge in [-0.3, -0.25) is 0 Å². The van der Waals surface area contributed by atoms with E-state index in [1.54, 1.807) is 10.5 Å². The van der Waals surface area contributed by atoms with Crippen molar-refractivity contribution in [2.24, 2.45) is 0 Å². The smallest absolute Gasteiger partial charge is 0.119 e. The Kier molecular flexibility index (Phi) is 4.34. The average molecular weight is 308 g/mol. The van der Waals surface area contributed by atoms with Gasteiger partial charge in [0, 0.05) is 18.4 Å². The lowest BCUT2D eigenvalue weighted by molar-refractivity contribution is -0.916. The fraction of sp³-hybridized carbons (Fsp3) is 0.429. The first kappa shape index (κ1) is 14.8. The van der Waals surface area contributed by atoms with Gasteiger partial charge in [-0.15, -0.1) is 0 Å². The molecule has 2 heteroatoms. The third kappa shape index (κ3) is 3.42. The van der Waals surface area contributed by atoms with Gasteiger partial charge in [0.25, 0.3) is 0 Å². The summed E-state index contributed by atoms with van der Waals surface area (Å²) in [5.74, 6) is 1.06. The Bertz CT molecular complexity index is 679. The largest absolute Gasteiger partial charge is 0.493 e. The summed E-state index contributed by atoms with van der Waals surface area (Å²) in [7, 11) is 0. The quantitative estimate of drug-likeness (QED) is 0.838. The molecule has 1 aliphatic heterocycles. The third-order valence-electron chi connectivity index (χ3n) is 5.32. The molecule has 2 aliphatic rings. The predicted molar refractivity (Wildman–Crippen MR) is 93.1 cm³/mol. The van der Waals surface area contributed by atoms with Crippen LogP contribution in [0.2, 0.25) is 0 Å². The Hall–Kier alpha value is -1.80. The zero-order valence-electron chi connectivity index (χ0n) is 13.8. The first-order valence-electron chi connectivity index (χ1n) is 9.03. The van der Waals surface area contributed by atoms with Crippen LogP contribution in [0.15, 0.2) is 42.5 Å². The maximum Gasteiger partial charge on any atom is 0.119 e. The Labute approximate surface area is 139 Å². The van der Waals surface area contributed by atoms with Crippen molar-refractivity contribution < 1.29 is 9.64 Å². The van der Waals surface area contributed by atoms with E-state index in [0.717, 1.165) is 18.8 Å². The van der Waals surface area contributed by atoms with Crippen LogP contribution in [-0.2, 0) is 25.8 Å². The maximum absolute atomic E-state index is 5.98. The summed E-state index contributed by atoms with van der Waals surface area (Å²) >= 11 is 0. The maximum atomic E-state index is 5.98. The van der Waals surface area contributed by atoms with Crippen LogP contribution in [0.3, 0.4) is 0 Å². The third-order valence-corrected chi connectivity index (χ3v) is 5.32.